The predicted molar refractivity (Wildman–Crippen MR) is 86.0 cm³/mol. The summed E-state index contributed by atoms with van der Waals surface area (Å²) in [6.45, 7) is 1.87. The lowest BCUT2D eigenvalue weighted by Gasteiger charge is -2.01. The van der Waals surface area contributed by atoms with Crippen molar-refractivity contribution in [3.8, 4) is 28.9 Å². The predicted octanol–water partition coefficient (Wildman–Crippen LogP) is 3.37. The SMILES string of the molecule is COC(=O)c1cccc(-c2noc(-c3ccc(C#N)cc3C)n2)c1. The van der Waals surface area contributed by atoms with Crippen LogP contribution in [0.5, 0.6) is 0 Å². The van der Waals surface area contributed by atoms with Crippen molar-refractivity contribution in [2.75, 3.05) is 7.11 Å². The van der Waals surface area contributed by atoms with E-state index in [0.29, 0.717) is 28.4 Å². The number of carbonyl (C=O) groups is 1. The molecule has 118 valence electrons. The lowest BCUT2D eigenvalue weighted by atomic mass is 10.1. The van der Waals surface area contributed by atoms with E-state index in [-0.39, 0.29) is 0 Å². The third kappa shape index (κ3) is 2.88. The van der Waals surface area contributed by atoms with Crippen molar-refractivity contribution in [2.24, 2.45) is 0 Å². The first-order valence-electron chi connectivity index (χ1n) is 7.16. The Balaban J connectivity index is 1.97. The summed E-state index contributed by atoms with van der Waals surface area (Å²) in [6.07, 6.45) is 0. The van der Waals surface area contributed by atoms with E-state index in [1.165, 1.54) is 7.11 Å². The van der Waals surface area contributed by atoms with E-state index in [9.17, 15) is 4.79 Å². The largest absolute Gasteiger partial charge is 0.465 e. The molecule has 0 amide bonds. The number of esters is 1. The van der Waals surface area contributed by atoms with Crippen LogP contribution in [0.1, 0.15) is 21.5 Å². The van der Waals surface area contributed by atoms with Gasteiger partial charge in [0.2, 0.25) is 5.82 Å². The molecule has 0 fully saturated rings. The number of hydrogen-bond donors (Lipinski definition) is 0. The van der Waals surface area contributed by atoms with Gasteiger partial charge in [0.25, 0.3) is 5.89 Å². The highest BCUT2D eigenvalue weighted by Crippen LogP contribution is 2.26. The number of ether oxygens (including phenoxy) is 1. The molecule has 2 aromatic carbocycles. The van der Waals surface area contributed by atoms with Gasteiger partial charge in [0.05, 0.1) is 24.3 Å². The fourth-order valence-corrected chi connectivity index (χ4v) is 2.33. The van der Waals surface area contributed by atoms with Crippen LogP contribution in [0.4, 0.5) is 0 Å². The topological polar surface area (TPSA) is 89.0 Å². The normalized spacial score (nSPS) is 10.2. The second-order valence-electron chi connectivity index (χ2n) is 5.14. The van der Waals surface area contributed by atoms with Crippen molar-refractivity contribution < 1.29 is 14.1 Å². The Morgan fingerprint density at radius 3 is 2.79 bits per heavy atom. The van der Waals surface area contributed by atoms with Gasteiger partial charge in [-0.15, -0.1) is 0 Å². The first-order chi connectivity index (χ1) is 11.6. The molecule has 0 spiro atoms. The van der Waals surface area contributed by atoms with Crippen LogP contribution in [0.25, 0.3) is 22.8 Å². The van der Waals surface area contributed by atoms with Crippen molar-refractivity contribution in [1.82, 2.24) is 10.1 Å². The summed E-state index contributed by atoms with van der Waals surface area (Å²) in [5.74, 6) is 0.304. The van der Waals surface area contributed by atoms with Gasteiger partial charge in [0, 0.05) is 11.1 Å². The molecule has 24 heavy (non-hydrogen) atoms. The van der Waals surface area contributed by atoms with Gasteiger partial charge >= 0.3 is 5.97 Å². The van der Waals surface area contributed by atoms with Gasteiger partial charge in [-0.2, -0.15) is 10.2 Å². The molecular weight excluding hydrogens is 306 g/mol. The molecule has 3 rings (SSSR count). The smallest absolute Gasteiger partial charge is 0.337 e. The molecule has 0 bridgehead atoms. The van der Waals surface area contributed by atoms with Crippen LogP contribution in [0.2, 0.25) is 0 Å². The number of nitrogens with zero attached hydrogens (tertiary/aromatic N) is 3. The zero-order valence-electron chi connectivity index (χ0n) is 13.1. The van der Waals surface area contributed by atoms with E-state index in [4.69, 9.17) is 14.5 Å². The summed E-state index contributed by atoms with van der Waals surface area (Å²) < 4.78 is 10.0. The molecule has 0 N–H and O–H groups in total. The average Bonchev–Trinajstić information content (AvgIpc) is 3.10. The second-order valence-corrected chi connectivity index (χ2v) is 5.14. The highest BCUT2D eigenvalue weighted by atomic mass is 16.5. The first-order valence-corrected chi connectivity index (χ1v) is 7.16. The summed E-state index contributed by atoms with van der Waals surface area (Å²) >= 11 is 0. The fourth-order valence-electron chi connectivity index (χ4n) is 2.33. The minimum Gasteiger partial charge on any atom is -0.465 e. The summed E-state index contributed by atoms with van der Waals surface area (Å²) in [5, 5.41) is 12.9. The molecule has 0 saturated heterocycles. The molecular formula is C18H13N3O3. The van der Waals surface area contributed by atoms with Gasteiger partial charge < -0.3 is 9.26 Å². The first kappa shape index (κ1) is 15.4. The van der Waals surface area contributed by atoms with Crippen LogP contribution in [0.3, 0.4) is 0 Å². The number of nitriles is 1. The average molecular weight is 319 g/mol. The maximum absolute atomic E-state index is 11.6. The van der Waals surface area contributed by atoms with Gasteiger partial charge in [-0.25, -0.2) is 4.79 Å². The highest BCUT2D eigenvalue weighted by molar-refractivity contribution is 5.90. The minimum atomic E-state index is -0.427. The second kappa shape index (κ2) is 6.34. The molecule has 0 aliphatic carbocycles. The summed E-state index contributed by atoms with van der Waals surface area (Å²) in [6, 6.07) is 14.1. The maximum atomic E-state index is 11.6. The van der Waals surface area contributed by atoms with Crippen molar-refractivity contribution in [1.29, 1.82) is 5.26 Å². The molecule has 1 aromatic heterocycles. The third-order valence-electron chi connectivity index (χ3n) is 3.55. The molecule has 6 heteroatoms. The van der Waals surface area contributed by atoms with Crippen molar-refractivity contribution in [3.63, 3.8) is 0 Å². The van der Waals surface area contributed by atoms with Gasteiger partial charge in [0.15, 0.2) is 0 Å². The number of carbonyl (C=O) groups excluding carboxylic acids is 1. The van der Waals surface area contributed by atoms with Crippen molar-refractivity contribution >= 4 is 5.97 Å². The van der Waals surface area contributed by atoms with Crippen LogP contribution in [-0.2, 0) is 4.74 Å². The zero-order chi connectivity index (χ0) is 17.1. The lowest BCUT2D eigenvalue weighted by Crippen LogP contribution is -2.00. The molecule has 0 aliphatic rings. The van der Waals surface area contributed by atoms with Crippen LogP contribution in [0, 0.1) is 18.3 Å². The maximum Gasteiger partial charge on any atom is 0.337 e. The van der Waals surface area contributed by atoms with Crippen molar-refractivity contribution in [3.05, 3.63) is 59.2 Å². The van der Waals surface area contributed by atoms with Gasteiger partial charge in [0.1, 0.15) is 0 Å². The molecule has 0 atom stereocenters. The Labute approximate surface area is 138 Å². The van der Waals surface area contributed by atoms with Crippen LogP contribution < -0.4 is 0 Å². The van der Waals surface area contributed by atoms with Crippen LogP contribution in [0.15, 0.2) is 47.0 Å². The lowest BCUT2D eigenvalue weighted by molar-refractivity contribution is 0.0601. The number of aromatic nitrogens is 2. The van der Waals surface area contributed by atoms with Crippen molar-refractivity contribution in [2.45, 2.75) is 6.92 Å². The van der Waals surface area contributed by atoms with E-state index < -0.39 is 5.97 Å². The number of methoxy groups -OCH3 is 1. The molecule has 6 nitrogen and oxygen atoms in total. The Morgan fingerprint density at radius 1 is 1.25 bits per heavy atom. The van der Waals surface area contributed by atoms with E-state index in [1.807, 2.05) is 6.92 Å². The van der Waals surface area contributed by atoms with Gasteiger partial charge in [-0.3, -0.25) is 0 Å². The van der Waals surface area contributed by atoms with E-state index in [1.54, 1.807) is 42.5 Å². The van der Waals surface area contributed by atoms with E-state index in [0.717, 1.165) is 11.1 Å². The summed E-state index contributed by atoms with van der Waals surface area (Å²) in [7, 11) is 1.33. The number of aryl methyl sites for hydroxylation is 1. The fraction of sp³-hybridized carbons (Fsp3) is 0.111. The van der Waals surface area contributed by atoms with Crippen LogP contribution in [-0.4, -0.2) is 23.2 Å². The zero-order valence-corrected chi connectivity index (χ0v) is 13.1. The van der Waals surface area contributed by atoms with E-state index >= 15 is 0 Å². The Hall–Kier alpha value is -3.46. The molecule has 0 unspecified atom stereocenters. The van der Waals surface area contributed by atoms with Gasteiger partial charge in [-0.05, 0) is 42.8 Å². The monoisotopic (exact) mass is 319 g/mol. The Bertz CT molecular complexity index is 954. The number of hydrogen-bond acceptors (Lipinski definition) is 6. The Kier molecular flexibility index (Phi) is 4.08. The Morgan fingerprint density at radius 2 is 2.08 bits per heavy atom. The summed E-state index contributed by atoms with van der Waals surface area (Å²) in [5.41, 5.74) is 3.27. The van der Waals surface area contributed by atoms with E-state index in [2.05, 4.69) is 16.2 Å². The molecule has 1 heterocycles. The standard InChI is InChI=1S/C18H13N3O3/c1-11-8-12(10-19)6-7-15(11)17-20-16(21-24-17)13-4-3-5-14(9-13)18(22)23-2/h3-9H,1-2H3. The highest BCUT2D eigenvalue weighted by Gasteiger charge is 2.14. The molecule has 0 aliphatic heterocycles. The number of benzene rings is 2. The van der Waals surface area contributed by atoms with Gasteiger partial charge in [-0.1, -0.05) is 17.3 Å². The molecule has 0 saturated carbocycles. The molecule has 3 aromatic rings. The summed E-state index contributed by atoms with van der Waals surface area (Å²) in [4.78, 5) is 16.0. The minimum absolute atomic E-state index is 0.357. The quantitative estimate of drug-likeness (QED) is 0.688. The third-order valence-corrected chi connectivity index (χ3v) is 3.55. The number of rotatable bonds is 3. The van der Waals surface area contributed by atoms with Crippen LogP contribution >= 0.6 is 0 Å². The molecule has 0 radical (unpaired) electrons.